The fraction of sp³-hybridized carbons (Fsp3) is 0.429. The highest BCUT2D eigenvalue weighted by Gasteiger charge is 2.35. The van der Waals surface area contributed by atoms with Crippen molar-refractivity contribution in [1.29, 1.82) is 0 Å². The second-order valence-corrected chi connectivity index (χ2v) is 5.16. The first-order valence-electron chi connectivity index (χ1n) is 6.57. The first-order chi connectivity index (χ1) is 10.6. The van der Waals surface area contributed by atoms with Gasteiger partial charge in [0.25, 0.3) is 0 Å². The monoisotopic (exact) mass is 388 g/mol. The van der Waals surface area contributed by atoms with E-state index in [1.165, 1.54) is 12.1 Å². The number of amides is 1. The van der Waals surface area contributed by atoms with Gasteiger partial charge in [-0.1, -0.05) is 23.7 Å². The van der Waals surface area contributed by atoms with Gasteiger partial charge >= 0.3 is 18.1 Å². The van der Waals surface area contributed by atoms with Gasteiger partial charge < -0.3 is 15.4 Å². The largest absolute Gasteiger partial charge is 0.462 e. The van der Waals surface area contributed by atoms with Crippen molar-refractivity contribution in [3.63, 3.8) is 0 Å². The lowest BCUT2D eigenvalue weighted by Gasteiger charge is -2.28. The first-order valence-corrected chi connectivity index (χ1v) is 6.94. The Morgan fingerprint density at radius 3 is 2.42 bits per heavy atom. The van der Waals surface area contributed by atoms with Crippen LogP contribution in [0.4, 0.5) is 13.2 Å². The molecule has 5 nitrogen and oxygen atoms in total. The van der Waals surface area contributed by atoms with Crippen molar-refractivity contribution in [2.24, 2.45) is 5.73 Å². The highest BCUT2D eigenvalue weighted by molar-refractivity contribution is 6.33. The van der Waals surface area contributed by atoms with E-state index in [2.05, 4.69) is 4.74 Å². The number of carbonyl (C=O) groups is 2. The minimum Gasteiger partial charge on any atom is -0.462 e. The zero-order chi connectivity index (χ0) is 17.8. The Morgan fingerprint density at radius 1 is 1.38 bits per heavy atom. The van der Waals surface area contributed by atoms with Crippen molar-refractivity contribution in [2.45, 2.75) is 25.7 Å². The van der Waals surface area contributed by atoms with E-state index < -0.39 is 34.7 Å². The van der Waals surface area contributed by atoms with Gasteiger partial charge in [-0.25, -0.2) is 4.79 Å². The third-order valence-corrected chi connectivity index (χ3v) is 3.67. The van der Waals surface area contributed by atoms with Crippen LogP contribution in [0.25, 0.3) is 0 Å². The molecular weight excluding hydrogens is 372 g/mol. The van der Waals surface area contributed by atoms with Crippen molar-refractivity contribution in [1.82, 2.24) is 4.90 Å². The molecular formula is C14H17Cl2F3N2O3. The molecule has 0 unspecified atom stereocenters. The predicted octanol–water partition coefficient (Wildman–Crippen LogP) is 2.63. The van der Waals surface area contributed by atoms with E-state index in [-0.39, 0.29) is 31.1 Å². The number of halogens is 5. The SMILES string of the molecule is COC(=O)C(=O)N(Cc1cccc(C(F)(F)F)c1Cl)[C@@H](C)CN.Cl. The van der Waals surface area contributed by atoms with E-state index in [1.807, 2.05) is 0 Å². The molecule has 0 heterocycles. The molecule has 0 saturated heterocycles. The van der Waals surface area contributed by atoms with Gasteiger partial charge in [-0.2, -0.15) is 13.2 Å². The number of nitrogens with zero attached hydrogens (tertiary/aromatic N) is 1. The molecule has 10 heteroatoms. The molecule has 0 fully saturated rings. The molecule has 0 saturated carbocycles. The summed E-state index contributed by atoms with van der Waals surface area (Å²) in [5.74, 6) is -2.13. The molecule has 1 aromatic carbocycles. The van der Waals surface area contributed by atoms with E-state index in [1.54, 1.807) is 6.92 Å². The van der Waals surface area contributed by atoms with E-state index in [9.17, 15) is 22.8 Å². The number of carbonyl (C=O) groups excluding carboxylic acids is 2. The lowest BCUT2D eigenvalue weighted by Crippen LogP contribution is -2.45. The van der Waals surface area contributed by atoms with Crippen LogP contribution in [0.5, 0.6) is 0 Å². The molecule has 0 aromatic heterocycles. The molecule has 0 aliphatic carbocycles. The molecule has 0 radical (unpaired) electrons. The Hall–Kier alpha value is -1.51. The molecule has 0 aliphatic heterocycles. The maximum atomic E-state index is 12.9. The summed E-state index contributed by atoms with van der Waals surface area (Å²) in [6.07, 6.45) is -4.62. The summed E-state index contributed by atoms with van der Waals surface area (Å²) in [4.78, 5) is 24.4. The Balaban J connectivity index is 0.00000529. The number of alkyl halides is 3. The minimum atomic E-state index is -4.62. The van der Waals surface area contributed by atoms with Gasteiger partial charge in [0, 0.05) is 19.1 Å². The van der Waals surface area contributed by atoms with E-state index in [0.29, 0.717) is 0 Å². The zero-order valence-corrected chi connectivity index (χ0v) is 14.5. The maximum Gasteiger partial charge on any atom is 0.417 e. The average molecular weight is 389 g/mol. The maximum absolute atomic E-state index is 12.9. The second kappa shape index (κ2) is 9.10. The second-order valence-electron chi connectivity index (χ2n) is 4.79. The lowest BCUT2D eigenvalue weighted by molar-refractivity contribution is -0.159. The van der Waals surface area contributed by atoms with Crippen LogP contribution < -0.4 is 5.73 Å². The number of esters is 1. The molecule has 1 atom stereocenters. The normalized spacial score (nSPS) is 12.1. The number of hydrogen-bond donors (Lipinski definition) is 1. The summed E-state index contributed by atoms with van der Waals surface area (Å²) in [7, 11) is 1.03. The third kappa shape index (κ3) is 5.25. The molecule has 1 amide bonds. The summed E-state index contributed by atoms with van der Waals surface area (Å²) >= 11 is 5.80. The predicted molar refractivity (Wildman–Crippen MR) is 84.8 cm³/mol. The summed E-state index contributed by atoms with van der Waals surface area (Å²) in [6, 6.07) is 2.77. The highest BCUT2D eigenvalue weighted by atomic mass is 35.5. The average Bonchev–Trinajstić information content (AvgIpc) is 2.50. The van der Waals surface area contributed by atoms with Crippen molar-refractivity contribution >= 4 is 35.9 Å². The zero-order valence-electron chi connectivity index (χ0n) is 12.9. The number of nitrogens with two attached hydrogens (primary N) is 1. The number of rotatable bonds is 4. The van der Waals surface area contributed by atoms with Crippen LogP contribution >= 0.6 is 24.0 Å². The molecule has 2 N–H and O–H groups in total. The fourth-order valence-electron chi connectivity index (χ4n) is 1.86. The quantitative estimate of drug-likeness (QED) is 0.635. The van der Waals surface area contributed by atoms with Crippen LogP contribution in [-0.4, -0.2) is 36.5 Å². The van der Waals surface area contributed by atoms with Gasteiger partial charge in [-0.05, 0) is 18.6 Å². The topological polar surface area (TPSA) is 72.6 Å². The molecule has 0 bridgehead atoms. The summed E-state index contributed by atoms with van der Waals surface area (Å²) in [5.41, 5.74) is 4.53. The lowest BCUT2D eigenvalue weighted by atomic mass is 10.1. The van der Waals surface area contributed by atoms with E-state index in [4.69, 9.17) is 17.3 Å². The summed E-state index contributed by atoms with van der Waals surface area (Å²) in [5, 5.41) is -0.521. The molecule has 136 valence electrons. The van der Waals surface area contributed by atoms with Crippen LogP contribution in [0.15, 0.2) is 18.2 Å². The van der Waals surface area contributed by atoms with Crippen LogP contribution in [-0.2, 0) is 27.0 Å². The summed E-state index contributed by atoms with van der Waals surface area (Å²) < 4.78 is 43.0. The Bertz CT molecular complexity index is 597. The van der Waals surface area contributed by atoms with Gasteiger partial charge in [0.15, 0.2) is 0 Å². The van der Waals surface area contributed by atoms with Crippen molar-refractivity contribution in [2.75, 3.05) is 13.7 Å². The van der Waals surface area contributed by atoms with E-state index in [0.717, 1.165) is 18.1 Å². The Kier molecular flexibility index (Phi) is 8.53. The van der Waals surface area contributed by atoms with Crippen molar-refractivity contribution < 1.29 is 27.5 Å². The summed E-state index contributed by atoms with van der Waals surface area (Å²) in [6.45, 7) is 1.27. The number of ether oxygens (including phenoxy) is 1. The van der Waals surface area contributed by atoms with Gasteiger partial charge in [-0.3, -0.25) is 4.79 Å². The smallest absolute Gasteiger partial charge is 0.417 e. The highest BCUT2D eigenvalue weighted by Crippen LogP contribution is 2.36. The number of hydrogen-bond acceptors (Lipinski definition) is 4. The third-order valence-electron chi connectivity index (χ3n) is 3.22. The molecule has 1 aromatic rings. The molecule has 1 rings (SSSR count). The molecule has 0 spiro atoms. The van der Waals surface area contributed by atoms with Gasteiger partial charge in [-0.15, -0.1) is 12.4 Å². The van der Waals surface area contributed by atoms with Crippen LogP contribution in [0.3, 0.4) is 0 Å². The minimum absolute atomic E-state index is 0. The van der Waals surface area contributed by atoms with Crippen LogP contribution in [0.1, 0.15) is 18.1 Å². The fourth-order valence-corrected chi connectivity index (χ4v) is 2.16. The van der Waals surface area contributed by atoms with Crippen LogP contribution in [0.2, 0.25) is 5.02 Å². The Morgan fingerprint density at radius 2 is 1.96 bits per heavy atom. The standard InChI is InChI=1S/C14H16ClF3N2O3.ClH/c1-8(6-19)20(12(21)13(22)23-2)7-9-4-3-5-10(11(9)15)14(16,17)18;/h3-5,8H,6-7,19H2,1-2H3;1H/t8-;/m0./s1. The van der Waals surface area contributed by atoms with Gasteiger partial charge in [0.1, 0.15) is 0 Å². The number of methoxy groups -OCH3 is 1. The van der Waals surface area contributed by atoms with Crippen LogP contribution in [0, 0.1) is 0 Å². The molecule has 24 heavy (non-hydrogen) atoms. The Labute approximate surface area is 148 Å². The molecule has 0 aliphatic rings. The van der Waals surface area contributed by atoms with Gasteiger partial charge in [0.2, 0.25) is 0 Å². The first kappa shape index (κ1) is 22.5. The van der Waals surface area contributed by atoms with Crippen molar-refractivity contribution in [3.8, 4) is 0 Å². The number of benzene rings is 1. The van der Waals surface area contributed by atoms with Crippen molar-refractivity contribution in [3.05, 3.63) is 34.3 Å². The van der Waals surface area contributed by atoms with Gasteiger partial charge in [0.05, 0.1) is 17.7 Å². The van der Waals surface area contributed by atoms with E-state index >= 15 is 0 Å².